The molecule has 2 heterocycles. The third-order valence-electron chi connectivity index (χ3n) is 2.29. The van der Waals surface area contributed by atoms with E-state index in [0.29, 0.717) is 6.17 Å². The van der Waals surface area contributed by atoms with Crippen LogP contribution in [0.15, 0.2) is 29.2 Å². The van der Waals surface area contributed by atoms with Gasteiger partial charge in [-0.1, -0.05) is 0 Å². The van der Waals surface area contributed by atoms with E-state index in [4.69, 9.17) is 0 Å². The van der Waals surface area contributed by atoms with Crippen molar-refractivity contribution in [1.82, 2.24) is 10.6 Å². The van der Waals surface area contributed by atoms with Crippen molar-refractivity contribution in [3.63, 3.8) is 0 Å². The summed E-state index contributed by atoms with van der Waals surface area (Å²) in [6, 6.07) is 0. The van der Waals surface area contributed by atoms with Crippen molar-refractivity contribution in [3.05, 3.63) is 29.2 Å². The van der Waals surface area contributed by atoms with Crippen LogP contribution in [-0.4, -0.2) is 12.7 Å². The first kappa shape index (κ1) is 7.66. The minimum Gasteiger partial charge on any atom is -0.369 e. The fourth-order valence-electron chi connectivity index (χ4n) is 1.64. The molecule has 2 heteroatoms. The minimum absolute atomic E-state index is 0.328. The van der Waals surface area contributed by atoms with Gasteiger partial charge in [0.25, 0.3) is 0 Å². The maximum absolute atomic E-state index is 3.42. The second-order valence-corrected chi connectivity index (χ2v) is 3.32. The summed E-state index contributed by atoms with van der Waals surface area (Å²) < 4.78 is 0. The summed E-state index contributed by atoms with van der Waals surface area (Å²) in [4.78, 5) is 0. The van der Waals surface area contributed by atoms with E-state index in [1.807, 2.05) is 6.08 Å². The van der Waals surface area contributed by atoms with Crippen LogP contribution in [0.2, 0.25) is 0 Å². The van der Waals surface area contributed by atoms with E-state index < -0.39 is 0 Å². The normalized spacial score (nSPS) is 27.9. The Balaban J connectivity index is 2.26. The van der Waals surface area contributed by atoms with Crippen LogP contribution in [-0.2, 0) is 0 Å². The Kier molecular flexibility index (Phi) is 2.03. The van der Waals surface area contributed by atoms with Gasteiger partial charge in [0.05, 0.1) is 0 Å². The molecule has 0 aromatic rings. The van der Waals surface area contributed by atoms with Gasteiger partial charge < -0.3 is 5.32 Å². The zero-order valence-electron chi connectivity index (χ0n) is 7.35. The van der Waals surface area contributed by atoms with Crippen LogP contribution in [0.1, 0.15) is 19.8 Å². The average Bonchev–Trinajstić information content (AvgIpc) is 2.25. The highest BCUT2D eigenvalue weighted by Gasteiger charge is 2.17. The largest absolute Gasteiger partial charge is 0.369 e. The number of nitrogens with one attached hydrogen (secondary N) is 2. The van der Waals surface area contributed by atoms with Crippen LogP contribution in [0.5, 0.6) is 0 Å². The van der Waals surface area contributed by atoms with Gasteiger partial charge in [-0.25, -0.2) is 0 Å². The first-order chi connectivity index (χ1) is 5.86. The van der Waals surface area contributed by atoms with E-state index in [1.54, 1.807) is 0 Å². The third kappa shape index (κ3) is 1.45. The topological polar surface area (TPSA) is 24.1 Å². The smallest absolute Gasteiger partial charge is 0.106 e. The van der Waals surface area contributed by atoms with Crippen molar-refractivity contribution in [2.24, 2.45) is 0 Å². The van der Waals surface area contributed by atoms with Crippen LogP contribution in [0.4, 0.5) is 0 Å². The summed E-state index contributed by atoms with van der Waals surface area (Å²) >= 11 is 0. The molecule has 12 heavy (non-hydrogen) atoms. The first-order valence-corrected chi connectivity index (χ1v) is 4.48. The van der Waals surface area contributed by atoms with Crippen LogP contribution >= 0.6 is 0 Å². The van der Waals surface area contributed by atoms with E-state index >= 15 is 0 Å². The van der Waals surface area contributed by atoms with Crippen molar-refractivity contribution in [2.75, 3.05) is 6.54 Å². The quantitative estimate of drug-likeness (QED) is 0.524. The van der Waals surface area contributed by atoms with Crippen molar-refractivity contribution in [2.45, 2.75) is 25.9 Å². The zero-order valence-corrected chi connectivity index (χ0v) is 7.35. The van der Waals surface area contributed by atoms with Gasteiger partial charge in [0.1, 0.15) is 6.17 Å². The lowest BCUT2D eigenvalue weighted by atomic mass is 10.0. The van der Waals surface area contributed by atoms with Crippen molar-refractivity contribution >= 4 is 0 Å². The fraction of sp³-hybridized carbons (Fsp3) is 0.500. The number of hydrogen-bond acceptors (Lipinski definition) is 2. The molecule has 1 saturated heterocycles. The number of hydrogen-bond donors (Lipinski definition) is 2. The van der Waals surface area contributed by atoms with Gasteiger partial charge in [-0.3, -0.25) is 5.32 Å². The first-order valence-electron chi connectivity index (χ1n) is 4.48. The standard InChI is InChI=1S/C10H14N2/c1-8-4-2-5-9-6-3-7-11-10(9)12-8/h2,4,10-12H,3,6-7H2,1H3. The van der Waals surface area contributed by atoms with Crippen LogP contribution in [0, 0.1) is 0 Å². The Morgan fingerprint density at radius 1 is 1.58 bits per heavy atom. The predicted octanol–water partition coefficient (Wildman–Crippen LogP) is 1.28. The highest BCUT2D eigenvalue weighted by atomic mass is 15.1. The third-order valence-corrected chi connectivity index (χ3v) is 2.29. The Labute approximate surface area is 73.0 Å². The second-order valence-electron chi connectivity index (χ2n) is 3.32. The highest BCUT2D eigenvalue weighted by molar-refractivity contribution is 5.22. The monoisotopic (exact) mass is 162 g/mol. The molecule has 1 atom stereocenters. The molecular formula is C10H14N2. The predicted molar refractivity (Wildman–Crippen MR) is 49.5 cm³/mol. The Hall–Kier alpha value is -0.980. The Morgan fingerprint density at radius 3 is 3.42 bits per heavy atom. The van der Waals surface area contributed by atoms with Crippen LogP contribution in [0.25, 0.3) is 0 Å². The molecule has 64 valence electrons. The summed E-state index contributed by atoms with van der Waals surface area (Å²) in [5, 5.41) is 6.82. The van der Waals surface area contributed by atoms with E-state index in [0.717, 1.165) is 6.54 Å². The fourth-order valence-corrected chi connectivity index (χ4v) is 1.64. The maximum atomic E-state index is 3.42. The molecule has 2 rings (SSSR count). The molecule has 0 aliphatic carbocycles. The van der Waals surface area contributed by atoms with E-state index in [2.05, 4.69) is 29.4 Å². The zero-order chi connectivity index (χ0) is 8.39. The lowest BCUT2D eigenvalue weighted by Crippen LogP contribution is -2.45. The number of piperidine rings is 1. The summed E-state index contributed by atoms with van der Waals surface area (Å²) in [6.07, 6.45) is 6.79. The van der Waals surface area contributed by atoms with Gasteiger partial charge in [-0.2, -0.15) is 0 Å². The van der Waals surface area contributed by atoms with Crippen molar-refractivity contribution < 1.29 is 0 Å². The molecule has 2 aliphatic rings. The van der Waals surface area contributed by atoms with Crippen molar-refractivity contribution in [1.29, 1.82) is 0 Å². The summed E-state index contributed by atoms with van der Waals surface area (Å²) in [7, 11) is 0. The van der Waals surface area contributed by atoms with Gasteiger partial charge >= 0.3 is 0 Å². The van der Waals surface area contributed by atoms with E-state index in [9.17, 15) is 0 Å². The SMILES string of the molecule is CC1=CC=C=C2CCCNC2N1. The molecular weight excluding hydrogens is 148 g/mol. The Bertz CT molecular complexity index is 270. The lowest BCUT2D eigenvalue weighted by molar-refractivity contribution is 0.451. The van der Waals surface area contributed by atoms with Crippen molar-refractivity contribution in [3.8, 4) is 0 Å². The van der Waals surface area contributed by atoms with E-state index in [-0.39, 0.29) is 0 Å². The second kappa shape index (κ2) is 3.18. The molecule has 0 spiro atoms. The Morgan fingerprint density at radius 2 is 2.50 bits per heavy atom. The molecule has 0 saturated carbocycles. The van der Waals surface area contributed by atoms with Gasteiger partial charge in [-0.15, -0.1) is 5.73 Å². The molecule has 2 N–H and O–H groups in total. The number of allylic oxidation sites excluding steroid dienone is 2. The average molecular weight is 162 g/mol. The maximum Gasteiger partial charge on any atom is 0.106 e. The van der Waals surface area contributed by atoms with Gasteiger partial charge in [0, 0.05) is 11.3 Å². The summed E-state index contributed by atoms with van der Waals surface area (Å²) in [5.74, 6) is 0. The summed E-state index contributed by atoms with van der Waals surface area (Å²) in [6.45, 7) is 3.19. The molecule has 0 amide bonds. The molecule has 0 aromatic heterocycles. The van der Waals surface area contributed by atoms with Crippen LogP contribution in [0.3, 0.4) is 0 Å². The lowest BCUT2D eigenvalue weighted by Gasteiger charge is -2.26. The molecule has 2 aliphatic heterocycles. The van der Waals surface area contributed by atoms with Gasteiger partial charge in [0.2, 0.25) is 0 Å². The number of rotatable bonds is 0. The van der Waals surface area contributed by atoms with Crippen LogP contribution < -0.4 is 10.6 Å². The van der Waals surface area contributed by atoms with E-state index in [1.165, 1.54) is 24.1 Å². The van der Waals surface area contributed by atoms with Gasteiger partial charge in [0.15, 0.2) is 0 Å². The molecule has 0 radical (unpaired) electrons. The summed E-state index contributed by atoms with van der Waals surface area (Å²) in [5.41, 5.74) is 5.87. The molecule has 0 aromatic carbocycles. The highest BCUT2D eigenvalue weighted by Crippen LogP contribution is 2.14. The number of fused-ring (bicyclic) bond motifs is 1. The molecule has 2 nitrogen and oxygen atoms in total. The molecule has 1 fully saturated rings. The molecule has 0 bridgehead atoms. The van der Waals surface area contributed by atoms with Gasteiger partial charge in [-0.05, 0) is 38.5 Å². The molecule has 1 unspecified atom stereocenters. The minimum atomic E-state index is 0.328.